The highest BCUT2D eigenvalue weighted by Gasteiger charge is 2.07. The lowest BCUT2D eigenvalue weighted by Crippen LogP contribution is -2.00. The van der Waals surface area contributed by atoms with Gasteiger partial charge in [0, 0.05) is 0 Å². The normalized spacial score (nSPS) is 14.8. The summed E-state index contributed by atoms with van der Waals surface area (Å²) in [5, 5.41) is 0. The van der Waals surface area contributed by atoms with Crippen molar-refractivity contribution in [3.05, 3.63) is 37.0 Å². The van der Waals surface area contributed by atoms with Crippen molar-refractivity contribution in [2.75, 3.05) is 0 Å². The first-order valence-corrected chi connectivity index (χ1v) is 8.53. The second kappa shape index (κ2) is 13.2. The van der Waals surface area contributed by atoms with E-state index in [4.69, 9.17) is 0 Å². The molecule has 0 radical (unpaired) electrons. The Kier molecular flexibility index (Phi) is 12.7. The van der Waals surface area contributed by atoms with Crippen molar-refractivity contribution in [1.29, 1.82) is 0 Å². The molecule has 0 rings (SSSR count). The molecule has 0 bridgehead atoms. The molecular weight excluding hydrogens is 240 g/mol. The maximum atomic E-state index is 3.85. The predicted molar refractivity (Wildman–Crippen MR) is 94.0 cm³/mol. The molecule has 2 atom stereocenters. The molecule has 0 saturated heterocycles. The average molecular weight is 277 g/mol. The minimum absolute atomic E-state index is 0.769. The second-order valence-electron chi connectivity index (χ2n) is 6.35. The van der Waals surface area contributed by atoms with E-state index in [-0.39, 0.29) is 0 Å². The number of rotatable bonds is 13. The average Bonchev–Trinajstić information content (AvgIpc) is 2.43. The Labute approximate surface area is 128 Å². The summed E-state index contributed by atoms with van der Waals surface area (Å²) in [6, 6.07) is 0. The predicted octanol–water partition coefficient (Wildman–Crippen LogP) is 7.09. The smallest absolute Gasteiger partial charge is 0.0294 e. The summed E-state index contributed by atoms with van der Waals surface area (Å²) in [6.07, 6.45) is 17.9. The van der Waals surface area contributed by atoms with E-state index >= 15 is 0 Å². The van der Waals surface area contributed by atoms with Gasteiger partial charge in [-0.3, -0.25) is 0 Å². The van der Waals surface area contributed by atoms with E-state index in [2.05, 4.69) is 46.1 Å². The van der Waals surface area contributed by atoms with Crippen LogP contribution in [0.25, 0.3) is 0 Å². The van der Waals surface area contributed by atoms with Gasteiger partial charge in [-0.2, -0.15) is 0 Å². The Morgan fingerprint density at radius 2 is 1.75 bits per heavy atom. The van der Waals surface area contributed by atoms with E-state index in [9.17, 15) is 0 Å². The zero-order valence-electron chi connectivity index (χ0n) is 14.2. The molecule has 0 aliphatic carbocycles. The number of unbranched alkanes of at least 4 members (excludes halogenated alkanes) is 2. The van der Waals surface area contributed by atoms with Gasteiger partial charge in [0.15, 0.2) is 0 Å². The molecule has 0 heterocycles. The van der Waals surface area contributed by atoms with Gasteiger partial charge >= 0.3 is 0 Å². The molecule has 0 nitrogen and oxygen atoms in total. The van der Waals surface area contributed by atoms with Crippen molar-refractivity contribution >= 4 is 0 Å². The molecule has 0 amide bonds. The number of hydrogen-bond donors (Lipinski definition) is 0. The fourth-order valence-corrected chi connectivity index (χ4v) is 2.58. The second-order valence-corrected chi connectivity index (χ2v) is 6.35. The third-order valence-electron chi connectivity index (χ3n) is 3.99. The van der Waals surface area contributed by atoms with Crippen LogP contribution in [0.4, 0.5) is 0 Å². The molecule has 0 fully saturated rings. The SMILES string of the molecule is C=CCCC(C)CC(=CCCCC)CCC(C)CC=C. The summed E-state index contributed by atoms with van der Waals surface area (Å²) in [5.74, 6) is 1.56. The van der Waals surface area contributed by atoms with Crippen LogP contribution in [0.3, 0.4) is 0 Å². The first-order chi connectivity index (χ1) is 9.63. The Bertz CT molecular complexity index is 272. The third-order valence-corrected chi connectivity index (χ3v) is 3.99. The quantitative estimate of drug-likeness (QED) is 0.249. The molecule has 0 aromatic heterocycles. The highest BCUT2D eigenvalue weighted by molar-refractivity contribution is 5.03. The van der Waals surface area contributed by atoms with E-state index in [0.29, 0.717) is 0 Å². The van der Waals surface area contributed by atoms with Crippen molar-refractivity contribution in [1.82, 2.24) is 0 Å². The standard InChI is InChI=1S/C20H36/c1-6-9-11-14-20(16-15-18(4)12-8-3)17-19(5)13-10-7-2/h7-8,14,18-19H,2-3,6,9-13,15-17H2,1,4-5H3. The minimum atomic E-state index is 0.769. The van der Waals surface area contributed by atoms with Crippen molar-refractivity contribution in [2.45, 2.75) is 78.6 Å². The Hall–Kier alpha value is -0.780. The van der Waals surface area contributed by atoms with Gasteiger partial charge in [-0.05, 0) is 56.8 Å². The van der Waals surface area contributed by atoms with Gasteiger partial charge in [0.2, 0.25) is 0 Å². The molecule has 116 valence electrons. The maximum absolute atomic E-state index is 3.85. The fraction of sp³-hybridized carbons (Fsp3) is 0.700. The molecule has 0 N–H and O–H groups in total. The minimum Gasteiger partial charge on any atom is -0.103 e. The first kappa shape index (κ1) is 19.2. The molecule has 2 unspecified atom stereocenters. The van der Waals surface area contributed by atoms with Crippen LogP contribution >= 0.6 is 0 Å². The highest BCUT2D eigenvalue weighted by atomic mass is 14.1. The van der Waals surface area contributed by atoms with Crippen molar-refractivity contribution < 1.29 is 0 Å². The monoisotopic (exact) mass is 276 g/mol. The third kappa shape index (κ3) is 11.1. The van der Waals surface area contributed by atoms with Crippen LogP contribution < -0.4 is 0 Å². The summed E-state index contributed by atoms with van der Waals surface area (Å²) in [7, 11) is 0. The van der Waals surface area contributed by atoms with Gasteiger partial charge in [0.1, 0.15) is 0 Å². The molecule has 0 spiro atoms. The lowest BCUT2D eigenvalue weighted by atomic mass is 9.90. The molecule has 0 aliphatic heterocycles. The van der Waals surface area contributed by atoms with Gasteiger partial charge < -0.3 is 0 Å². The fourth-order valence-electron chi connectivity index (χ4n) is 2.58. The van der Waals surface area contributed by atoms with Crippen LogP contribution in [-0.4, -0.2) is 0 Å². The van der Waals surface area contributed by atoms with E-state index < -0.39 is 0 Å². The van der Waals surface area contributed by atoms with Crippen LogP contribution in [0.15, 0.2) is 37.0 Å². The molecule has 0 saturated carbocycles. The van der Waals surface area contributed by atoms with Gasteiger partial charge in [0.05, 0.1) is 0 Å². The van der Waals surface area contributed by atoms with Crippen LogP contribution in [0.5, 0.6) is 0 Å². The van der Waals surface area contributed by atoms with Gasteiger partial charge in [-0.1, -0.05) is 57.4 Å². The van der Waals surface area contributed by atoms with Crippen molar-refractivity contribution in [3.63, 3.8) is 0 Å². The lowest BCUT2D eigenvalue weighted by Gasteiger charge is -2.16. The lowest BCUT2D eigenvalue weighted by molar-refractivity contribution is 0.493. The number of allylic oxidation sites excluding steroid dienone is 4. The largest absolute Gasteiger partial charge is 0.103 e. The topological polar surface area (TPSA) is 0 Å². The van der Waals surface area contributed by atoms with Crippen molar-refractivity contribution in [2.24, 2.45) is 11.8 Å². The zero-order chi connectivity index (χ0) is 15.2. The van der Waals surface area contributed by atoms with E-state index in [1.807, 2.05) is 6.08 Å². The van der Waals surface area contributed by atoms with Crippen LogP contribution in [-0.2, 0) is 0 Å². The Morgan fingerprint density at radius 1 is 1.00 bits per heavy atom. The Balaban J connectivity index is 4.28. The molecular formula is C20H36. The summed E-state index contributed by atoms with van der Waals surface area (Å²) >= 11 is 0. The molecule has 0 aliphatic rings. The molecule has 0 aromatic rings. The summed E-state index contributed by atoms with van der Waals surface area (Å²) in [5.41, 5.74) is 1.69. The van der Waals surface area contributed by atoms with Gasteiger partial charge in [0.25, 0.3) is 0 Å². The number of hydrogen-bond acceptors (Lipinski definition) is 0. The van der Waals surface area contributed by atoms with E-state index in [0.717, 1.165) is 24.7 Å². The van der Waals surface area contributed by atoms with Gasteiger partial charge in [-0.25, -0.2) is 0 Å². The van der Waals surface area contributed by atoms with Crippen LogP contribution in [0.1, 0.15) is 78.6 Å². The van der Waals surface area contributed by atoms with Crippen LogP contribution in [0, 0.1) is 11.8 Å². The van der Waals surface area contributed by atoms with Crippen molar-refractivity contribution in [3.8, 4) is 0 Å². The Morgan fingerprint density at radius 3 is 2.35 bits per heavy atom. The zero-order valence-corrected chi connectivity index (χ0v) is 14.2. The van der Waals surface area contributed by atoms with E-state index in [1.54, 1.807) is 5.57 Å². The highest BCUT2D eigenvalue weighted by Crippen LogP contribution is 2.24. The van der Waals surface area contributed by atoms with E-state index in [1.165, 1.54) is 44.9 Å². The van der Waals surface area contributed by atoms with Crippen LogP contribution in [0.2, 0.25) is 0 Å². The molecule has 0 heteroatoms. The van der Waals surface area contributed by atoms with Gasteiger partial charge in [-0.15, -0.1) is 13.2 Å². The summed E-state index contributed by atoms with van der Waals surface area (Å²) in [6.45, 7) is 14.7. The first-order valence-electron chi connectivity index (χ1n) is 8.53. The summed E-state index contributed by atoms with van der Waals surface area (Å²) in [4.78, 5) is 0. The molecule has 0 aromatic carbocycles. The maximum Gasteiger partial charge on any atom is -0.0294 e. The molecule has 20 heavy (non-hydrogen) atoms. The summed E-state index contributed by atoms with van der Waals surface area (Å²) < 4.78 is 0.